The van der Waals surface area contributed by atoms with Crippen LogP contribution in [-0.2, 0) is 11.8 Å². The maximum atomic E-state index is 12.8. The molecule has 7 heteroatoms. The van der Waals surface area contributed by atoms with Gasteiger partial charge in [-0.25, -0.2) is 4.98 Å². The first-order valence-electron chi connectivity index (χ1n) is 10.6. The third-order valence-electron chi connectivity index (χ3n) is 6.21. The van der Waals surface area contributed by atoms with Gasteiger partial charge in [0.25, 0.3) is 0 Å². The van der Waals surface area contributed by atoms with Crippen molar-refractivity contribution in [3.8, 4) is 11.1 Å². The molecule has 2 N–H and O–H groups in total. The molecule has 1 saturated carbocycles. The predicted octanol–water partition coefficient (Wildman–Crippen LogP) is 6.10. The summed E-state index contributed by atoms with van der Waals surface area (Å²) in [6, 6.07) is 19.2. The second-order valence-corrected chi connectivity index (χ2v) is 9.03. The van der Waals surface area contributed by atoms with E-state index in [-0.39, 0.29) is 41.4 Å². The van der Waals surface area contributed by atoms with E-state index in [9.17, 15) is 18.3 Å². The molecule has 3 aromatic carbocycles. The van der Waals surface area contributed by atoms with Crippen LogP contribution in [0.4, 0.5) is 13.2 Å². The fourth-order valence-electron chi connectivity index (χ4n) is 4.42. The molecule has 3 nitrogen and oxygen atoms in total. The monoisotopic (exact) mass is 460 g/mol. The summed E-state index contributed by atoms with van der Waals surface area (Å²) < 4.78 is 38.4. The van der Waals surface area contributed by atoms with Gasteiger partial charge in [-0.05, 0) is 72.7 Å². The molecule has 1 aliphatic rings. The standard InChI is InChI=1S/C26H23F3N2O.Na.H/c1-25(2,32)21-6-4-3-5-18(21)16-9-12-22-23(13-16)31-24(30-22)20-14-19(20)15-7-10-17(11-8-15)26(27,28)29;;/h3-13,19-20,32H,14H2,1-2H3,(H,30,31);;/t19-,20+;;/m1../s1. The topological polar surface area (TPSA) is 48.9 Å². The molecule has 0 saturated heterocycles. The van der Waals surface area contributed by atoms with Gasteiger partial charge in [-0.1, -0.05) is 42.5 Å². The number of H-pyrrole nitrogens is 1. The van der Waals surface area contributed by atoms with E-state index in [0.29, 0.717) is 0 Å². The van der Waals surface area contributed by atoms with Crippen molar-refractivity contribution < 1.29 is 18.3 Å². The summed E-state index contributed by atoms with van der Waals surface area (Å²) in [5.74, 6) is 1.21. The van der Waals surface area contributed by atoms with Crippen molar-refractivity contribution in [1.82, 2.24) is 9.97 Å². The minimum absolute atomic E-state index is 0. The van der Waals surface area contributed by atoms with Gasteiger partial charge >= 0.3 is 35.7 Å². The molecule has 0 spiro atoms. The molecule has 0 radical (unpaired) electrons. The first-order chi connectivity index (χ1) is 15.1. The minimum atomic E-state index is -4.32. The number of hydrogen-bond acceptors (Lipinski definition) is 2. The number of aliphatic hydroxyl groups is 1. The molecule has 2 atom stereocenters. The van der Waals surface area contributed by atoms with Gasteiger partial charge in [0.1, 0.15) is 5.82 Å². The van der Waals surface area contributed by atoms with E-state index < -0.39 is 17.3 Å². The predicted molar refractivity (Wildman–Crippen MR) is 125 cm³/mol. The Morgan fingerprint density at radius 1 is 0.939 bits per heavy atom. The number of halogens is 3. The molecule has 1 heterocycles. The molecule has 0 aliphatic heterocycles. The number of nitrogens with one attached hydrogen (secondary N) is 1. The van der Waals surface area contributed by atoms with Gasteiger partial charge in [0.05, 0.1) is 22.2 Å². The van der Waals surface area contributed by atoms with Crippen molar-refractivity contribution in [1.29, 1.82) is 0 Å². The van der Waals surface area contributed by atoms with Crippen molar-refractivity contribution in [2.24, 2.45) is 0 Å². The molecular weight excluding hydrogens is 436 g/mol. The fraction of sp³-hybridized carbons (Fsp3) is 0.269. The summed E-state index contributed by atoms with van der Waals surface area (Å²) in [6.45, 7) is 3.54. The number of benzene rings is 3. The number of aromatic nitrogens is 2. The fourth-order valence-corrected chi connectivity index (χ4v) is 4.42. The molecule has 1 aromatic heterocycles. The van der Waals surface area contributed by atoms with Crippen molar-refractivity contribution in [3.63, 3.8) is 0 Å². The van der Waals surface area contributed by atoms with Crippen molar-refractivity contribution in [2.45, 2.75) is 43.9 Å². The molecule has 4 aromatic rings. The summed E-state index contributed by atoms with van der Waals surface area (Å²) in [4.78, 5) is 8.16. The second-order valence-electron chi connectivity index (χ2n) is 9.03. The Morgan fingerprint density at radius 3 is 2.30 bits per heavy atom. The van der Waals surface area contributed by atoms with Gasteiger partial charge < -0.3 is 10.1 Å². The van der Waals surface area contributed by atoms with E-state index >= 15 is 0 Å². The van der Waals surface area contributed by atoms with Crippen molar-refractivity contribution in [2.75, 3.05) is 0 Å². The average Bonchev–Trinajstić information content (AvgIpc) is 3.44. The first-order valence-corrected chi connectivity index (χ1v) is 10.6. The molecule has 1 aliphatic carbocycles. The Balaban J connectivity index is 0.00000259. The number of nitrogens with zero attached hydrogens (tertiary/aromatic N) is 1. The number of fused-ring (bicyclic) bond motifs is 1. The SMILES string of the molecule is CC(C)(O)c1ccccc1-c1ccc2[nH]c([C@H]3C[C@@H]3c3ccc(C(F)(F)F)cc3)nc2c1.[NaH]. The number of hydrogen-bond donors (Lipinski definition) is 2. The quantitative estimate of drug-likeness (QED) is 0.362. The van der Waals surface area contributed by atoms with Crippen molar-refractivity contribution >= 4 is 40.6 Å². The van der Waals surface area contributed by atoms with Crippen LogP contribution < -0.4 is 0 Å². The Morgan fingerprint density at radius 2 is 1.64 bits per heavy atom. The van der Waals surface area contributed by atoms with Crippen LogP contribution in [0.2, 0.25) is 0 Å². The van der Waals surface area contributed by atoms with Crippen LogP contribution in [-0.4, -0.2) is 44.6 Å². The number of imidazole rings is 1. The zero-order chi connectivity index (χ0) is 22.7. The van der Waals surface area contributed by atoms with E-state index in [1.807, 2.05) is 42.5 Å². The zero-order valence-electron chi connectivity index (χ0n) is 17.7. The summed E-state index contributed by atoms with van der Waals surface area (Å²) in [5.41, 5.74) is 3.85. The Labute approximate surface area is 212 Å². The summed E-state index contributed by atoms with van der Waals surface area (Å²) in [5, 5.41) is 10.5. The van der Waals surface area contributed by atoms with Crippen LogP contribution in [0, 0.1) is 0 Å². The normalized spacial score (nSPS) is 18.2. The van der Waals surface area contributed by atoms with Gasteiger partial charge in [0, 0.05) is 5.92 Å². The molecule has 0 bridgehead atoms. The van der Waals surface area contributed by atoms with E-state index in [0.717, 1.165) is 57.7 Å². The van der Waals surface area contributed by atoms with Crippen LogP contribution >= 0.6 is 0 Å². The van der Waals surface area contributed by atoms with E-state index in [1.54, 1.807) is 26.0 Å². The van der Waals surface area contributed by atoms with Crippen LogP contribution in [0.15, 0.2) is 66.7 Å². The molecule has 1 fully saturated rings. The Hall–Kier alpha value is -2.12. The third-order valence-corrected chi connectivity index (χ3v) is 6.21. The average molecular weight is 460 g/mol. The Bertz CT molecular complexity index is 1290. The summed E-state index contributed by atoms with van der Waals surface area (Å²) >= 11 is 0. The first kappa shape index (κ1) is 24.0. The van der Waals surface area contributed by atoms with Crippen molar-refractivity contribution in [3.05, 3.63) is 89.2 Å². The third kappa shape index (κ3) is 4.76. The summed E-state index contributed by atoms with van der Waals surface area (Å²) in [7, 11) is 0. The molecular formula is C26H24F3N2NaO. The van der Waals surface area contributed by atoms with Gasteiger partial charge in [-0.2, -0.15) is 13.2 Å². The maximum absolute atomic E-state index is 12.8. The van der Waals surface area contributed by atoms with Gasteiger partial charge in [-0.15, -0.1) is 0 Å². The number of rotatable bonds is 4. The van der Waals surface area contributed by atoms with E-state index in [4.69, 9.17) is 4.98 Å². The number of alkyl halides is 3. The molecule has 0 amide bonds. The zero-order valence-corrected chi connectivity index (χ0v) is 17.7. The van der Waals surface area contributed by atoms with Gasteiger partial charge in [0.15, 0.2) is 0 Å². The number of aromatic amines is 1. The summed E-state index contributed by atoms with van der Waals surface area (Å²) in [6.07, 6.45) is -3.46. The second kappa shape index (κ2) is 8.58. The Kier molecular flexibility index (Phi) is 6.25. The van der Waals surface area contributed by atoms with E-state index in [1.165, 1.54) is 0 Å². The van der Waals surface area contributed by atoms with E-state index in [2.05, 4.69) is 4.98 Å². The molecule has 0 unspecified atom stereocenters. The van der Waals surface area contributed by atoms with Gasteiger partial charge in [-0.3, -0.25) is 0 Å². The molecule has 166 valence electrons. The van der Waals surface area contributed by atoms with Crippen LogP contribution in [0.3, 0.4) is 0 Å². The van der Waals surface area contributed by atoms with Gasteiger partial charge in [0.2, 0.25) is 0 Å². The van der Waals surface area contributed by atoms with Crippen LogP contribution in [0.5, 0.6) is 0 Å². The molecule has 33 heavy (non-hydrogen) atoms. The van der Waals surface area contributed by atoms with Crippen LogP contribution in [0.25, 0.3) is 22.2 Å². The van der Waals surface area contributed by atoms with Crippen LogP contribution in [0.1, 0.15) is 54.6 Å². The molecule has 5 rings (SSSR count).